The maximum Gasteiger partial charge on any atom is 0.336 e. The van der Waals surface area contributed by atoms with E-state index >= 15 is 0 Å². The van der Waals surface area contributed by atoms with Crippen LogP contribution in [0.4, 0.5) is 0 Å². The quantitative estimate of drug-likeness (QED) is 0.866. The molecule has 1 aromatic carbocycles. The summed E-state index contributed by atoms with van der Waals surface area (Å²) in [7, 11) is -2.20. The van der Waals surface area contributed by atoms with E-state index in [1.165, 1.54) is 29.6 Å². The molecule has 0 amide bonds. The fourth-order valence-electron chi connectivity index (χ4n) is 2.24. The van der Waals surface area contributed by atoms with Gasteiger partial charge in [-0.05, 0) is 47.0 Å². The molecule has 0 saturated carbocycles. The van der Waals surface area contributed by atoms with E-state index < -0.39 is 16.0 Å². The molecule has 1 aliphatic rings. The smallest absolute Gasteiger partial charge is 0.336 e. The molecule has 0 atom stereocenters. The van der Waals surface area contributed by atoms with Crippen LogP contribution in [0.15, 0.2) is 27.6 Å². The first kappa shape index (κ1) is 16.4. The number of carboxylic acid groups (broad SMARTS) is 1. The van der Waals surface area contributed by atoms with Crippen molar-refractivity contribution in [1.82, 2.24) is 4.31 Å². The number of hydrogen-bond donors (Lipinski definition) is 1. The first-order chi connectivity index (χ1) is 9.84. The van der Waals surface area contributed by atoms with Gasteiger partial charge in [0.25, 0.3) is 0 Å². The van der Waals surface area contributed by atoms with Gasteiger partial charge < -0.3 is 9.84 Å². The second kappa shape index (κ2) is 6.43. The molecule has 1 aliphatic heterocycles. The highest BCUT2D eigenvalue weighted by Crippen LogP contribution is 2.25. The van der Waals surface area contributed by atoms with Crippen LogP contribution in [-0.2, 0) is 14.8 Å². The molecule has 1 heterocycles. The fourth-order valence-corrected chi connectivity index (χ4v) is 4.10. The Morgan fingerprint density at radius 2 is 2.00 bits per heavy atom. The Hall–Kier alpha value is -0.960. The molecular formula is C13H16BrNO5S. The average molecular weight is 378 g/mol. The number of carbonyl (C=O) groups is 1. The molecule has 0 spiro atoms. The van der Waals surface area contributed by atoms with Crippen molar-refractivity contribution in [2.24, 2.45) is 0 Å². The van der Waals surface area contributed by atoms with Gasteiger partial charge in [0.05, 0.1) is 10.5 Å². The molecule has 1 fully saturated rings. The van der Waals surface area contributed by atoms with E-state index in [1.807, 2.05) is 0 Å². The van der Waals surface area contributed by atoms with E-state index in [1.54, 1.807) is 0 Å². The molecule has 116 valence electrons. The number of benzene rings is 1. The predicted molar refractivity (Wildman–Crippen MR) is 79.9 cm³/mol. The number of ether oxygens (including phenoxy) is 1. The second-order valence-corrected chi connectivity index (χ2v) is 7.66. The van der Waals surface area contributed by atoms with Crippen LogP contribution in [0.3, 0.4) is 0 Å². The summed E-state index contributed by atoms with van der Waals surface area (Å²) in [6, 6.07) is 3.90. The van der Waals surface area contributed by atoms with Gasteiger partial charge in [0.1, 0.15) is 0 Å². The SMILES string of the molecule is CN(C1CCOCC1)S(=O)(=O)c1ccc(Br)c(C(=O)O)c1. The third-order valence-corrected chi connectivity index (χ3v) is 6.15. The lowest BCUT2D eigenvalue weighted by Gasteiger charge is -2.30. The van der Waals surface area contributed by atoms with E-state index in [-0.39, 0.29) is 16.5 Å². The number of rotatable bonds is 4. The molecular weight excluding hydrogens is 362 g/mol. The number of aromatic carboxylic acids is 1. The first-order valence-corrected chi connectivity index (χ1v) is 8.66. The Morgan fingerprint density at radius 3 is 2.57 bits per heavy atom. The summed E-state index contributed by atoms with van der Waals surface area (Å²) >= 11 is 3.11. The fraction of sp³-hybridized carbons (Fsp3) is 0.462. The van der Waals surface area contributed by atoms with Gasteiger partial charge in [0.2, 0.25) is 10.0 Å². The molecule has 0 bridgehead atoms. The second-order valence-electron chi connectivity index (χ2n) is 4.81. The summed E-state index contributed by atoms with van der Waals surface area (Å²) in [6.07, 6.45) is 1.27. The molecule has 21 heavy (non-hydrogen) atoms. The van der Waals surface area contributed by atoms with Crippen LogP contribution in [0.1, 0.15) is 23.2 Å². The van der Waals surface area contributed by atoms with Crippen LogP contribution in [0, 0.1) is 0 Å². The topological polar surface area (TPSA) is 83.9 Å². The Bertz CT molecular complexity index is 640. The van der Waals surface area contributed by atoms with Crippen LogP contribution >= 0.6 is 15.9 Å². The molecule has 6 nitrogen and oxygen atoms in total. The van der Waals surface area contributed by atoms with E-state index in [9.17, 15) is 13.2 Å². The largest absolute Gasteiger partial charge is 0.478 e. The van der Waals surface area contributed by atoms with Gasteiger partial charge in [-0.15, -0.1) is 0 Å². The highest BCUT2D eigenvalue weighted by atomic mass is 79.9. The Morgan fingerprint density at radius 1 is 1.38 bits per heavy atom. The zero-order valence-corrected chi connectivity index (χ0v) is 13.9. The van der Waals surface area contributed by atoms with Crippen molar-refractivity contribution in [2.45, 2.75) is 23.8 Å². The standard InChI is InChI=1S/C13H16BrNO5S/c1-15(9-4-6-20-7-5-9)21(18,19)10-2-3-12(14)11(8-10)13(16)17/h2-3,8-9H,4-7H2,1H3,(H,16,17). The van der Waals surface area contributed by atoms with Gasteiger partial charge in [0.15, 0.2) is 0 Å². The summed E-state index contributed by atoms with van der Waals surface area (Å²) in [5.41, 5.74) is -0.0727. The van der Waals surface area contributed by atoms with Gasteiger partial charge in [-0.1, -0.05) is 0 Å². The molecule has 0 radical (unpaired) electrons. The molecule has 1 saturated heterocycles. The first-order valence-electron chi connectivity index (χ1n) is 6.42. The van der Waals surface area contributed by atoms with Crippen molar-refractivity contribution in [3.8, 4) is 0 Å². The van der Waals surface area contributed by atoms with Gasteiger partial charge in [-0.2, -0.15) is 4.31 Å². The van der Waals surface area contributed by atoms with Crippen LogP contribution in [-0.4, -0.2) is 50.1 Å². The number of halogens is 1. The van der Waals surface area contributed by atoms with E-state index in [0.717, 1.165) is 0 Å². The summed E-state index contributed by atoms with van der Waals surface area (Å²) in [5.74, 6) is -1.17. The van der Waals surface area contributed by atoms with E-state index in [0.29, 0.717) is 30.5 Å². The third kappa shape index (κ3) is 3.45. The van der Waals surface area contributed by atoms with Crippen LogP contribution in [0.25, 0.3) is 0 Å². The minimum Gasteiger partial charge on any atom is -0.478 e. The summed E-state index contributed by atoms with van der Waals surface area (Å²) in [6.45, 7) is 1.07. The van der Waals surface area contributed by atoms with Gasteiger partial charge in [0, 0.05) is 30.8 Å². The minimum atomic E-state index is -3.72. The van der Waals surface area contributed by atoms with Crippen molar-refractivity contribution < 1.29 is 23.1 Å². The number of nitrogens with zero attached hydrogens (tertiary/aromatic N) is 1. The molecule has 8 heteroatoms. The van der Waals surface area contributed by atoms with Gasteiger partial charge >= 0.3 is 5.97 Å². The molecule has 1 N–H and O–H groups in total. The molecule has 0 unspecified atom stereocenters. The Kier molecular flexibility index (Phi) is 5.03. The van der Waals surface area contributed by atoms with Crippen molar-refractivity contribution in [1.29, 1.82) is 0 Å². The lowest BCUT2D eigenvalue weighted by molar-refractivity contribution is 0.0632. The lowest BCUT2D eigenvalue weighted by atomic mass is 10.1. The Balaban J connectivity index is 2.34. The van der Waals surface area contributed by atoms with E-state index in [2.05, 4.69) is 15.9 Å². The van der Waals surface area contributed by atoms with Crippen LogP contribution in [0.5, 0.6) is 0 Å². The van der Waals surface area contributed by atoms with Crippen molar-refractivity contribution in [2.75, 3.05) is 20.3 Å². The third-order valence-electron chi connectivity index (χ3n) is 3.55. The maximum absolute atomic E-state index is 12.6. The minimum absolute atomic E-state index is 0.0166. The van der Waals surface area contributed by atoms with Gasteiger partial charge in [-0.25, -0.2) is 13.2 Å². The van der Waals surface area contributed by atoms with Crippen molar-refractivity contribution in [3.05, 3.63) is 28.2 Å². The predicted octanol–water partition coefficient (Wildman–Crippen LogP) is 1.95. The van der Waals surface area contributed by atoms with Gasteiger partial charge in [-0.3, -0.25) is 0 Å². The monoisotopic (exact) mass is 377 g/mol. The molecule has 0 aliphatic carbocycles. The maximum atomic E-state index is 12.6. The number of hydrogen-bond acceptors (Lipinski definition) is 4. The normalized spacial score (nSPS) is 17.1. The molecule has 0 aromatic heterocycles. The highest BCUT2D eigenvalue weighted by Gasteiger charge is 2.30. The van der Waals surface area contributed by atoms with Crippen LogP contribution < -0.4 is 0 Å². The average Bonchev–Trinajstić information content (AvgIpc) is 2.47. The summed E-state index contributed by atoms with van der Waals surface area (Å²) in [4.78, 5) is 11.1. The summed E-state index contributed by atoms with van der Waals surface area (Å²) in [5, 5.41) is 9.09. The molecule has 2 rings (SSSR count). The summed E-state index contributed by atoms with van der Waals surface area (Å²) < 4.78 is 32.1. The highest BCUT2D eigenvalue weighted by molar-refractivity contribution is 9.10. The number of sulfonamides is 1. The zero-order chi connectivity index (χ0) is 15.6. The lowest BCUT2D eigenvalue weighted by Crippen LogP contribution is -2.40. The van der Waals surface area contributed by atoms with Crippen LogP contribution in [0.2, 0.25) is 0 Å². The van der Waals surface area contributed by atoms with Crippen molar-refractivity contribution in [3.63, 3.8) is 0 Å². The van der Waals surface area contributed by atoms with E-state index in [4.69, 9.17) is 9.84 Å². The number of carboxylic acids is 1. The zero-order valence-electron chi connectivity index (χ0n) is 11.5. The van der Waals surface area contributed by atoms with Crippen molar-refractivity contribution >= 4 is 31.9 Å². The molecule has 1 aromatic rings. The Labute approximate surface area is 131 Å².